The molecule has 0 atom stereocenters. The first-order valence-electron chi connectivity index (χ1n) is 30.6. The summed E-state index contributed by atoms with van der Waals surface area (Å²) in [5.74, 6) is 0.128. The Morgan fingerprint density at radius 3 is 1.42 bits per heavy atom. The number of allylic oxidation sites excluding steroid dienone is 5. The number of aromatic nitrogens is 1. The lowest BCUT2D eigenvalue weighted by Gasteiger charge is -2.35. The molecule has 2 nitrogen and oxygen atoms in total. The topological polar surface area (TPSA) is 8.17 Å². The molecule has 0 amide bonds. The van der Waals surface area contributed by atoms with Crippen LogP contribution in [-0.2, 0) is 5.41 Å². The molecule has 0 bridgehead atoms. The highest BCUT2D eigenvalue weighted by molar-refractivity contribution is 6.13. The van der Waals surface area contributed by atoms with Gasteiger partial charge in [0.2, 0.25) is 0 Å². The molecule has 14 aromatic rings. The second kappa shape index (κ2) is 21.0. The molecule has 1 heterocycles. The normalized spacial score (nSPS) is 14.0. The molecule has 412 valence electrons. The van der Waals surface area contributed by atoms with E-state index in [1.807, 2.05) is 0 Å². The van der Waals surface area contributed by atoms with E-state index in [-0.39, 0.29) is 5.92 Å². The summed E-state index contributed by atoms with van der Waals surface area (Å²) < 4.78 is 2.42. The van der Waals surface area contributed by atoms with E-state index in [4.69, 9.17) is 0 Å². The van der Waals surface area contributed by atoms with Crippen molar-refractivity contribution in [1.29, 1.82) is 0 Å². The highest BCUT2D eigenvalue weighted by atomic mass is 15.1. The fourth-order valence-corrected chi connectivity index (χ4v) is 14.8. The first-order valence-corrected chi connectivity index (χ1v) is 30.6. The van der Waals surface area contributed by atoms with Crippen molar-refractivity contribution in [2.45, 2.75) is 5.41 Å². The first kappa shape index (κ1) is 51.1. The van der Waals surface area contributed by atoms with Crippen LogP contribution in [0.25, 0.3) is 94.3 Å². The second-order valence-corrected chi connectivity index (χ2v) is 23.4. The van der Waals surface area contributed by atoms with Crippen molar-refractivity contribution in [3.63, 3.8) is 0 Å². The Hall–Kier alpha value is -11.3. The van der Waals surface area contributed by atoms with Crippen LogP contribution in [0.3, 0.4) is 0 Å². The largest absolute Gasteiger partial charge is 0.310 e. The quantitative estimate of drug-likeness (QED) is 0.125. The van der Waals surface area contributed by atoms with Crippen LogP contribution in [0.15, 0.2) is 346 Å². The molecule has 2 heteroatoms. The minimum atomic E-state index is -0.684. The summed E-state index contributed by atoms with van der Waals surface area (Å²) in [5, 5.41) is 2.46. The molecule has 13 aromatic carbocycles. The summed E-state index contributed by atoms with van der Waals surface area (Å²) in [5.41, 5.74) is 29.5. The van der Waals surface area contributed by atoms with E-state index in [9.17, 15) is 0 Å². The average Bonchev–Trinajstić information content (AvgIpc) is 2.27. The average molecular weight is 1120 g/mol. The van der Waals surface area contributed by atoms with E-state index in [0.717, 1.165) is 22.7 Å². The third kappa shape index (κ3) is 8.25. The highest BCUT2D eigenvalue weighted by Crippen LogP contribution is 2.59. The van der Waals surface area contributed by atoms with Crippen LogP contribution in [0.2, 0.25) is 0 Å². The molecule has 0 fully saturated rings. The van der Waals surface area contributed by atoms with Gasteiger partial charge in [0.05, 0.1) is 16.4 Å². The number of fused-ring (bicyclic) bond motifs is 9. The summed E-state index contributed by atoms with van der Waals surface area (Å²) in [7, 11) is 0. The fraction of sp³-hybridized carbons (Fsp3) is 0.0233. The van der Waals surface area contributed by atoms with Crippen LogP contribution in [-0.4, -0.2) is 4.57 Å². The van der Waals surface area contributed by atoms with Gasteiger partial charge in [-0.25, -0.2) is 0 Å². The summed E-state index contributed by atoms with van der Waals surface area (Å²) in [4.78, 5) is 2.49. The maximum atomic E-state index is 2.51. The van der Waals surface area contributed by atoms with Crippen molar-refractivity contribution in [2.75, 3.05) is 4.90 Å². The Labute approximate surface area is 513 Å². The van der Waals surface area contributed by atoms with E-state index in [1.165, 1.54) is 128 Å². The lowest BCUT2D eigenvalue weighted by atomic mass is 9.67. The van der Waals surface area contributed by atoms with Crippen LogP contribution in [0.1, 0.15) is 38.9 Å². The van der Waals surface area contributed by atoms with Crippen LogP contribution >= 0.6 is 0 Å². The van der Waals surface area contributed by atoms with Crippen molar-refractivity contribution in [3.05, 3.63) is 385 Å². The Morgan fingerprint density at radius 2 is 0.761 bits per heavy atom. The lowest BCUT2D eigenvalue weighted by Crippen LogP contribution is -2.28. The second-order valence-electron chi connectivity index (χ2n) is 23.4. The standard InChI is InChI=1S/C86H58N2/c1-6-22-58(23-7-1)60-38-44-68(45-39-60)87(70-48-51-73-72-34-18-19-36-77(72)85(79(73)56-70)84(63-28-16-17-29-63)62-26-10-3-11-27-62)71-49-52-75-74-50-42-65(55-80(74)86(81(75)57-71,66-30-12-4-13-31-66)67-32-14-5-15-33-67)64-43-53-83-78(54-64)76-35-20-21-37-82(76)88(83)69-46-40-61(41-47-69)59-24-8-2-9-25-59/h1-57,63H/b85-84+. The zero-order valence-corrected chi connectivity index (χ0v) is 48.4. The number of anilines is 3. The van der Waals surface area contributed by atoms with Gasteiger partial charge in [0, 0.05) is 39.4 Å². The minimum absolute atomic E-state index is 0.128. The molecular weight excluding hydrogens is 1060 g/mol. The molecule has 0 saturated heterocycles. The van der Waals surface area contributed by atoms with Crippen molar-refractivity contribution >= 4 is 50.0 Å². The van der Waals surface area contributed by atoms with Gasteiger partial charge in [0.1, 0.15) is 0 Å². The predicted octanol–water partition coefficient (Wildman–Crippen LogP) is 22.3. The number of hydrogen-bond donors (Lipinski definition) is 0. The van der Waals surface area contributed by atoms with Crippen LogP contribution in [0, 0.1) is 5.92 Å². The molecule has 0 unspecified atom stereocenters. The van der Waals surface area contributed by atoms with Crippen molar-refractivity contribution in [3.8, 4) is 61.3 Å². The monoisotopic (exact) mass is 1120 g/mol. The highest BCUT2D eigenvalue weighted by Gasteiger charge is 2.47. The third-order valence-corrected chi connectivity index (χ3v) is 18.7. The fourth-order valence-electron chi connectivity index (χ4n) is 14.8. The van der Waals surface area contributed by atoms with Gasteiger partial charge in [-0.15, -0.1) is 0 Å². The number of hydrogen-bond acceptors (Lipinski definition) is 1. The summed E-state index contributed by atoms with van der Waals surface area (Å²) in [6.45, 7) is 0. The summed E-state index contributed by atoms with van der Waals surface area (Å²) in [6, 6.07) is 120. The summed E-state index contributed by atoms with van der Waals surface area (Å²) in [6.07, 6.45) is 9.06. The van der Waals surface area contributed by atoms with Gasteiger partial charge < -0.3 is 9.47 Å². The smallest absolute Gasteiger partial charge is 0.0714 e. The number of nitrogens with zero attached hydrogens (tertiary/aromatic N) is 2. The molecule has 1 aromatic heterocycles. The number of rotatable bonds is 11. The van der Waals surface area contributed by atoms with E-state index in [0.29, 0.717) is 0 Å². The Kier molecular flexibility index (Phi) is 12.2. The van der Waals surface area contributed by atoms with Gasteiger partial charge >= 0.3 is 0 Å². The number of para-hydroxylation sites is 1. The van der Waals surface area contributed by atoms with Gasteiger partial charge in [0.25, 0.3) is 0 Å². The molecular formula is C86H58N2. The Bertz CT molecular complexity index is 5040. The van der Waals surface area contributed by atoms with Crippen LogP contribution < -0.4 is 4.90 Å². The molecule has 3 aliphatic carbocycles. The van der Waals surface area contributed by atoms with E-state index in [1.54, 1.807) is 0 Å². The van der Waals surface area contributed by atoms with E-state index in [2.05, 4.69) is 355 Å². The molecule has 17 rings (SSSR count). The third-order valence-electron chi connectivity index (χ3n) is 18.7. The van der Waals surface area contributed by atoms with Gasteiger partial charge in [0.15, 0.2) is 0 Å². The zero-order chi connectivity index (χ0) is 58.1. The molecule has 3 aliphatic rings. The molecule has 88 heavy (non-hydrogen) atoms. The van der Waals surface area contributed by atoms with Crippen LogP contribution in [0.4, 0.5) is 17.1 Å². The molecule has 0 saturated carbocycles. The van der Waals surface area contributed by atoms with Gasteiger partial charge in [-0.1, -0.05) is 273 Å². The predicted molar refractivity (Wildman–Crippen MR) is 369 cm³/mol. The maximum absolute atomic E-state index is 2.51. The Balaban J connectivity index is 0.852. The van der Waals surface area contributed by atoms with Gasteiger partial charge in [-0.3, -0.25) is 0 Å². The first-order chi connectivity index (χ1) is 43.7. The van der Waals surface area contributed by atoms with E-state index < -0.39 is 5.41 Å². The van der Waals surface area contributed by atoms with Gasteiger partial charge in [-0.05, 0) is 179 Å². The molecule has 0 spiro atoms. The maximum Gasteiger partial charge on any atom is 0.0714 e. The lowest BCUT2D eigenvalue weighted by molar-refractivity contribution is 0.768. The minimum Gasteiger partial charge on any atom is -0.310 e. The van der Waals surface area contributed by atoms with Crippen molar-refractivity contribution in [1.82, 2.24) is 4.57 Å². The van der Waals surface area contributed by atoms with Crippen molar-refractivity contribution in [2.24, 2.45) is 5.92 Å². The molecule has 0 radical (unpaired) electrons. The molecule has 0 aliphatic heterocycles. The van der Waals surface area contributed by atoms with E-state index >= 15 is 0 Å². The van der Waals surface area contributed by atoms with Crippen LogP contribution in [0.5, 0.6) is 0 Å². The summed E-state index contributed by atoms with van der Waals surface area (Å²) >= 11 is 0. The van der Waals surface area contributed by atoms with Crippen molar-refractivity contribution < 1.29 is 0 Å². The van der Waals surface area contributed by atoms with Gasteiger partial charge in [-0.2, -0.15) is 0 Å². The number of benzene rings is 13. The Morgan fingerprint density at radius 1 is 0.307 bits per heavy atom. The SMILES string of the molecule is C1=CC(/C(=C2\c3ccccc3-c3ccc(N(c4ccc(-c5ccccc5)cc4)c4ccc5c(c4)C(c4ccccc4)(c4ccccc4)c4cc(-c6ccc7c(c6)c6ccccc6n7-c6ccc(-c7ccccc7)cc6)ccc4-5)cc32)c2ccccc2)C=C1. The molecule has 0 N–H and O–H groups in total. The zero-order valence-electron chi connectivity index (χ0n) is 48.4.